The SMILES string of the molecule is CCSC1CCCC1Nc1nc(C(C)(C)C(=O)O)cs1. The van der Waals surface area contributed by atoms with Gasteiger partial charge in [0.25, 0.3) is 0 Å². The summed E-state index contributed by atoms with van der Waals surface area (Å²) in [7, 11) is 0. The topological polar surface area (TPSA) is 62.2 Å². The molecule has 2 N–H and O–H groups in total. The van der Waals surface area contributed by atoms with E-state index in [2.05, 4.69) is 17.2 Å². The zero-order chi connectivity index (χ0) is 14.8. The molecule has 1 aliphatic rings. The zero-order valence-corrected chi connectivity index (χ0v) is 13.8. The number of carboxylic acids is 1. The van der Waals surface area contributed by atoms with Crippen LogP contribution in [0.15, 0.2) is 5.38 Å². The number of anilines is 1. The number of aliphatic carboxylic acids is 1. The van der Waals surface area contributed by atoms with Gasteiger partial charge >= 0.3 is 5.97 Å². The van der Waals surface area contributed by atoms with Crippen LogP contribution in [0.1, 0.15) is 45.7 Å². The van der Waals surface area contributed by atoms with Crippen LogP contribution in [0, 0.1) is 0 Å². The molecule has 1 aliphatic carbocycles. The molecule has 0 aromatic carbocycles. The van der Waals surface area contributed by atoms with E-state index in [0.29, 0.717) is 17.0 Å². The lowest BCUT2D eigenvalue weighted by Crippen LogP contribution is -2.29. The number of nitrogens with one attached hydrogen (secondary N) is 1. The molecule has 0 spiro atoms. The van der Waals surface area contributed by atoms with Crippen molar-refractivity contribution in [2.45, 2.75) is 56.7 Å². The van der Waals surface area contributed by atoms with Gasteiger partial charge in [-0.15, -0.1) is 11.3 Å². The Hall–Kier alpha value is -0.750. The van der Waals surface area contributed by atoms with Crippen molar-refractivity contribution in [3.05, 3.63) is 11.1 Å². The second kappa shape index (κ2) is 6.35. The van der Waals surface area contributed by atoms with Crippen LogP contribution in [0.2, 0.25) is 0 Å². The van der Waals surface area contributed by atoms with Crippen molar-refractivity contribution in [1.82, 2.24) is 4.98 Å². The first-order valence-electron chi connectivity index (χ1n) is 7.02. The molecule has 2 atom stereocenters. The number of thioether (sulfide) groups is 1. The van der Waals surface area contributed by atoms with Crippen molar-refractivity contribution in [2.24, 2.45) is 0 Å². The molecule has 20 heavy (non-hydrogen) atoms. The highest BCUT2D eigenvalue weighted by Crippen LogP contribution is 2.34. The number of nitrogens with zero attached hydrogens (tertiary/aromatic N) is 1. The van der Waals surface area contributed by atoms with E-state index in [-0.39, 0.29) is 0 Å². The summed E-state index contributed by atoms with van der Waals surface area (Å²) >= 11 is 3.51. The number of thiazole rings is 1. The number of carboxylic acid groups (broad SMARTS) is 1. The molecule has 1 fully saturated rings. The Labute approximate surface area is 128 Å². The van der Waals surface area contributed by atoms with Crippen molar-refractivity contribution < 1.29 is 9.90 Å². The van der Waals surface area contributed by atoms with Gasteiger partial charge in [0.05, 0.1) is 5.69 Å². The van der Waals surface area contributed by atoms with Gasteiger partial charge in [0, 0.05) is 16.7 Å². The monoisotopic (exact) mass is 314 g/mol. The Morgan fingerprint density at radius 2 is 2.35 bits per heavy atom. The Kier molecular flexibility index (Phi) is 4.96. The van der Waals surface area contributed by atoms with Gasteiger partial charge in [-0.25, -0.2) is 4.98 Å². The molecule has 0 bridgehead atoms. The van der Waals surface area contributed by atoms with E-state index in [0.717, 1.165) is 10.9 Å². The minimum Gasteiger partial charge on any atom is -0.481 e. The normalized spacial score (nSPS) is 22.9. The van der Waals surface area contributed by atoms with Gasteiger partial charge in [0.15, 0.2) is 5.13 Å². The summed E-state index contributed by atoms with van der Waals surface area (Å²) in [6.07, 6.45) is 3.69. The fourth-order valence-corrected chi connectivity index (χ4v) is 4.54. The lowest BCUT2D eigenvalue weighted by atomic mass is 9.90. The molecule has 0 aliphatic heterocycles. The van der Waals surface area contributed by atoms with Crippen LogP contribution in [-0.4, -0.2) is 33.1 Å². The lowest BCUT2D eigenvalue weighted by molar-refractivity contribution is -0.142. The molecule has 0 amide bonds. The number of carbonyl (C=O) groups is 1. The second-order valence-corrected chi connectivity index (χ2v) is 8.02. The van der Waals surface area contributed by atoms with Gasteiger partial charge in [-0.2, -0.15) is 11.8 Å². The van der Waals surface area contributed by atoms with Crippen LogP contribution < -0.4 is 5.32 Å². The standard InChI is InChI=1S/C14H22N2O2S2/c1-4-19-10-7-5-6-9(10)15-13-16-11(8-20-13)14(2,3)12(17)18/h8-10H,4-7H2,1-3H3,(H,15,16)(H,17,18). The molecule has 112 valence electrons. The molecule has 2 unspecified atom stereocenters. The fourth-order valence-electron chi connectivity index (χ4n) is 2.40. The quantitative estimate of drug-likeness (QED) is 0.840. The molecular weight excluding hydrogens is 292 g/mol. The summed E-state index contributed by atoms with van der Waals surface area (Å²) in [4.78, 5) is 15.7. The van der Waals surface area contributed by atoms with Gasteiger partial charge in [0.1, 0.15) is 5.41 Å². The van der Waals surface area contributed by atoms with E-state index in [1.165, 1.54) is 30.6 Å². The molecule has 0 radical (unpaired) electrons. The number of hydrogen-bond acceptors (Lipinski definition) is 5. The smallest absolute Gasteiger partial charge is 0.315 e. The first kappa shape index (κ1) is 15.6. The minimum atomic E-state index is -0.927. The fraction of sp³-hybridized carbons (Fsp3) is 0.714. The van der Waals surface area contributed by atoms with Crippen LogP contribution in [-0.2, 0) is 10.2 Å². The maximum absolute atomic E-state index is 11.3. The first-order chi connectivity index (χ1) is 9.45. The molecule has 0 saturated heterocycles. The van der Waals surface area contributed by atoms with Crippen LogP contribution in [0.5, 0.6) is 0 Å². The molecule has 2 rings (SSSR count). The van der Waals surface area contributed by atoms with Crippen LogP contribution >= 0.6 is 23.1 Å². The first-order valence-corrected chi connectivity index (χ1v) is 8.95. The Balaban J connectivity index is 2.04. The largest absolute Gasteiger partial charge is 0.481 e. The predicted molar refractivity (Wildman–Crippen MR) is 86.0 cm³/mol. The Morgan fingerprint density at radius 1 is 1.60 bits per heavy atom. The second-order valence-electron chi connectivity index (χ2n) is 5.64. The average Bonchev–Trinajstić information content (AvgIpc) is 3.01. The summed E-state index contributed by atoms with van der Waals surface area (Å²) in [5.74, 6) is 0.299. The maximum atomic E-state index is 11.3. The summed E-state index contributed by atoms with van der Waals surface area (Å²) in [5, 5.41) is 16.1. The van der Waals surface area contributed by atoms with Crippen LogP contribution in [0.3, 0.4) is 0 Å². The highest BCUT2D eigenvalue weighted by molar-refractivity contribution is 7.99. The Morgan fingerprint density at radius 3 is 3.00 bits per heavy atom. The van der Waals surface area contributed by atoms with Crippen molar-refractivity contribution in [2.75, 3.05) is 11.1 Å². The third-order valence-electron chi connectivity index (χ3n) is 3.82. The van der Waals surface area contributed by atoms with E-state index < -0.39 is 11.4 Å². The molecule has 6 heteroatoms. The van der Waals surface area contributed by atoms with E-state index in [1.54, 1.807) is 13.8 Å². The lowest BCUT2D eigenvalue weighted by Gasteiger charge is -2.20. The summed E-state index contributed by atoms with van der Waals surface area (Å²) in [6.45, 7) is 5.58. The average molecular weight is 314 g/mol. The zero-order valence-electron chi connectivity index (χ0n) is 12.2. The molecule has 1 heterocycles. The molecular formula is C14H22N2O2S2. The summed E-state index contributed by atoms with van der Waals surface area (Å²) in [6, 6.07) is 0.465. The summed E-state index contributed by atoms with van der Waals surface area (Å²) < 4.78 is 0. The van der Waals surface area contributed by atoms with Gasteiger partial charge in [-0.3, -0.25) is 4.79 Å². The van der Waals surface area contributed by atoms with Crippen molar-refractivity contribution in [3.63, 3.8) is 0 Å². The molecule has 1 saturated carbocycles. The van der Waals surface area contributed by atoms with Crippen molar-refractivity contribution in [1.29, 1.82) is 0 Å². The van der Waals surface area contributed by atoms with Gasteiger partial charge in [0.2, 0.25) is 0 Å². The predicted octanol–water partition coefficient (Wildman–Crippen LogP) is 3.59. The number of aromatic nitrogens is 1. The number of hydrogen-bond donors (Lipinski definition) is 2. The maximum Gasteiger partial charge on any atom is 0.315 e. The highest BCUT2D eigenvalue weighted by Gasteiger charge is 2.33. The highest BCUT2D eigenvalue weighted by atomic mass is 32.2. The van der Waals surface area contributed by atoms with Gasteiger partial charge < -0.3 is 10.4 Å². The van der Waals surface area contributed by atoms with Gasteiger partial charge in [-0.1, -0.05) is 13.3 Å². The van der Waals surface area contributed by atoms with Crippen molar-refractivity contribution in [3.8, 4) is 0 Å². The molecule has 1 aromatic heterocycles. The summed E-state index contributed by atoms with van der Waals surface area (Å²) in [5.41, 5.74) is -0.292. The molecule has 4 nitrogen and oxygen atoms in total. The van der Waals surface area contributed by atoms with E-state index in [9.17, 15) is 9.90 Å². The third kappa shape index (κ3) is 3.28. The van der Waals surface area contributed by atoms with E-state index in [1.807, 2.05) is 17.1 Å². The van der Waals surface area contributed by atoms with Crippen LogP contribution in [0.4, 0.5) is 5.13 Å². The minimum absolute atomic E-state index is 0.465. The Bertz CT molecular complexity index is 473. The van der Waals surface area contributed by atoms with E-state index in [4.69, 9.17) is 0 Å². The van der Waals surface area contributed by atoms with E-state index >= 15 is 0 Å². The van der Waals surface area contributed by atoms with Gasteiger partial charge in [-0.05, 0) is 32.4 Å². The van der Waals surface area contributed by atoms with Crippen LogP contribution in [0.25, 0.3) is 0 Å². The third-order valence-corrected chi connectivity index (χ3v) is 5.92. The number of rotatable bonds is 6. The van der Waals surface area contributed by atoms with Crippen molar-refractivity contribution >= 4 is 34.2 Å². The molecule has 1 aromatic rings.